The maximum Gasteiger partial charge on any atom is 0.322 e. The number of methoxy groups -OCH3 is 1. The predicted molar refractivity (Wildman–Crippen MR) is 52.7 cm³/mol. The van der Waals surface area contributed by atoms with Gasteiger partial charge < -0.3 is 10.5 Å². The number of nitrogens with two attached hydrogens (primary N) is 1. The van der Waals surface area contributed by atoms with Gasteiger partial charge in [0.1, 0.15) is 6.04 Å². The molecule has 1 heterocycles. The van der Waals surface area contributed by atoms with Crippen molar-refractivity contribution >= 4 is 5.97 Å². The van der Waals surface area contributed by atoms with E-state index in [0.717, 1.165) is 11.1 Å². The van der Waals surface area contributed by atoms with Gasteiger partial charge >= 0.3 is 5.97 Å². The van der Waals surface area contributed by atoms with Crippen molar-refractivity contribution in [3.8, 4) is 0 Å². The topological polar surface area (TPSA) is 65.2 Å². The molecule has 0 amide bonds. The molecule has 4 heteroatoms. The molecule has 1 atom stereocenters. The molecule has 0 bridgehead atoms. The molecule has 0 aliphatic carbocycles. The molecule has 1 rings (SSSR count). The fourth-order valence-electron chi connectivity index (χ4n) is 1.22. The number of hydrogen-bond acceptors (Lipinski definition) is 4. The lowest BCUT2D eigenvalue weighted by molar-refractivity contribution is -0.142. The summed E-state index contributed by atoms with van der Waals surface area (Å²) in [7, 11) is 1.33. The zero-order chi connectivity index (χ0) is 10.6. The van der Waals surface area contributed by atoms with Crippen molar-refractivity contribution in [1.29, 1.82) is 0 Å². The first-order valence-electron chi connectivity index (χ1n) is 4.37. The second-order valence-electron chi connectivity index (χ2n) is 3.20. The molecule has 0 aromatic carbocycles. The van der Waals surface area contributed by atoms with Gasteiger partial charge in [0, 0.05) is 12.4 Å². The van der Waals surface area contributed by atoms with Crippen LogP contribution in [0.5, 0.6) is 0 Å². The number of carbonyl (C=O) groups excluding carboxylic acids is 1. The molecule has 0 aliphatic rings. The zero-order valence-electron chi connectivity index (χ0n) is 8.36. The Morgan fingerprint density at radius 2 is 2.36 bits per heavy atom. The minimum Gasteiger partial charge on any atom is -0.468 e. The van der Waals surface area contributed by atoms with E-state index in [4.69, 9.17) is 5.73 Å². The lowest BCUT2D eigenvalue weighted by Crippen LogP contribution is -2.33. The number of aromatic nitrogens is 1. The largest absolute Gasteiger partial charge is 0.468 e. The summed E-state index contributed by atoms with van der Waals surface area (Å²) in [6.45, 7) is 1.94. The number of nitrogens with zero attached hydrogens (tertiary/aromatic N) is 1. The van der Waals surface area contributed by atoms with Crippen molar-refractivity contribution in [2.24, 2.45) is 5.73 Å². The molecule has 1 aromatic heterocycles. The van der Waals surface area contributed by atoms with Crippen molar-refractivity contribution < 1.29 is 9.53 Å². The SMILES string of the molecule is COC(=O)[C@@H](N)Cc1cncc(C)c1. The third-order valence-corrected chi connectivity index (χ3v) is 1.89. The van der Waals surface area contributed by atoms with Crippen molar-refractivity contribution in [1.82, 2.24) is 4.98 Å². The Kier molecular flexibility index (Phi) is 3.59. The monoisotopic (exact) mass is 194 g/mol. The van der Waals surface area contributed by atoms with Crippen LogP contribution < -0.4 is 5.73 Å². The molecule has 2 N–H and O–H groups in total. The van der Waals surface area contributed by atoms with E-state index in [9.17, 15) is 4.79 Å². The lowest BCUT2D eigenvalue weighted by atomic mass is 10.1. The predicted octanol–water partition coefficient (Wildman–Crippen LogP) is 0.433. The zero-order valence-corrected chi connectivity index (χ0v) is 8.36. The van der Waals surface area contributed by atoms with Gasteiger partial charge in [-0.2, -0.15) is 0 Å². The molecule has 76 valence electrons. The normalized spacial score (nSPS) is 12.2. The van der Waals surface area contributed by atoms with E-state index in [-0.39, 0.29) is 0 Å². The van der Waals surface area contributed by atoms with Gasteiger partial charge in [-0.1, -0.05) is 6.07 Å². The second-order valence-corrected chi connectivity index (χ2v) is 3.20. The molecule has 0 saturated heterocycles. The number of rotatable bonds is 3. The Bertz CT molecular complexity index is 326. The van der Waals surface area contributed by atoms with Crippen LogP contribution in [0.25, 0.3) is 0 Å². The smallest absolute Gasteiger partial charge is 0.322 e. The highest BCUT2D eigenvalue weighted by Crippen LogP contribution is 2.04. The van der Waals surface area contributed by atoms with Crippen LogP contribution in [0.15, 0.2) is 18.5 Å². The molecule has 1 aromatic rings. The maximum atomic E-state index is 11.0. The maximum absolute atomic E-state index is 11.0. The Balaban J connectivity index is 2.64. The second kappa shape index (κ2) is 4.72. The Morgan fingerprint density at radius 1 is 1.64 bits per heavy atom. The number of pyridine rings is 1. The summed E-state index contributed by atoms with van der Waals surface area (Å²) in [5, 5.41) is 0. The number of ether oxygens (including phenoxy) is 1. The van der Waals surface area contributed by atoms with E-state index in [0.29, 0.717) is 6.42 Å². The number of hydrogen-bond donors (Lipinski definition) is 1. The quantitative estimate of drug-likeness (QED) is 0.709. The summed E-state index contributed by atoms with van der Waals surface area (Å²) in [6.07, 6.45) is 3.92. The van der Waals surface area contributed by atoms with E-state index >= 15 is 0 Å². The van der Waals surface area contributed by atoms with Crippen LogP contribution in [0.3, 0.4) is 0 Å². The number of esters is 1. The molecule has 0 aliphatic heterocycles. The average Bonchev–Trinajstić information content (AvgIpc) is 2.16. The van der Waals surface area contributed by atoms with Crippen LogP contribution in [-0.4, -0.2) is 24.1 Å². The molecule has 4 nitrogen and oxygen atoms in total. The van der Waals surface area contributed by atoms with Gasteiger partial charge in [0.15, 0.2) is 0 Å². The minimum absolute atomic E-state index is 0.397. The van der Waals surface area contributed by atoms with Gasteiger partial charge in [0.2, 0.25) is 0 Å². The highest BCUT2D eigenvalue weighted by molar-refractivity contribution is 5.75. The molecule has 0 saturated carbocycles. The van der Waals surface area contributed by atoms with Gasteiger partial charge in [0.05, 0.1) is 7.11 Å². The summed E-state index contributed by atoms with van der Waals surface area (Å²) >= 11 is 0. The Morgan fingerprint density at radius 3 is 2.93 bits per heavy atom. The van der Waals surface area contributed by atoms with Crippen LogP contribution in [0.2, 0.25) is 0 Å². The van der Waals surface area contributed by atoms with E-state index in [1.54, 1.807) is 12.4 Å². The van der Waals surface area contributed by atoms with Crippen LogP contribution in [0.1, 0.15) is 11.1 Å². The molecule has 0 radical (unpaired) electrons. The van der Waals surface area contributed by atoms with Crippen molar-refractivity contribution in [3.05, 3.63) is 29.6 Å². The highest BCUT2D eigenvalue weighted by Gasteiger charge is 2.14. The van der Waals surface area contributed by atoms with Crippen molar-refractivity contribution in [3.63, 3.8) is 0 Å². The van der Waals surface area contributed by atoms with Crippen molar-refractivity contribution in [2.45, 2.75) is 19.4 Å². The van der Waals surface area contributed by atoms with Crippen molar-refractivity contribution in [2.75, 3.05) is 7.11 Å². The van der Waals surface area contributed by atoms with Gasteiger partial charge in [-0.15, -0.1) is 0 Å². The molecular weight excluding hydrogens is 180 g/mol. The summed E-state index contributed by atoms with van der Waals surface area (Å²) in [5.74, 6) is -0.397. The van der Waals surface area contributed by atoms with Gasteiger partial charge in [-0.25, -0.2) is 0 Å². The summed E-state index contributed by atoms with van der Waals surface area (Å²) in [5.41, 5.74) is 7.61. The first-order valence-corrected chi connectivity index (χ1v) is 4.37. The van der Waals surface area contributed by atoms with Gasteiger partial charge in [0.25, 0.3) is 0 Å². The fourth-order valence-corrected chi connectivity index (χ4v) is 1.22. The first-order chi connectivity index (χ1) is 6.63. The number of carbonyl (C=O) groups is 1. The summed E-state index contributed by atoms with van der Waals surface area (Å²) in [4.78, 5) is 15.0. The molecule has 0 fully saturated rings. The lowest BCUT2D eigenvalue weighted by Gasteiger charge is -2.08. The molecular formula is C10H14N2O2. The van der Waals surface area contributed by atoms with Crippen LogP contribution in [0, 0.1) is 6.92 Å². The van der Waals surface area contributed by atoms with E-state index in [1.807, 2.05) is 13.0 Å². The Labute approximate surface area is 83.1 Å². The molecule has 0 spiro atoms. The highest BCUT2D eigenvalue weighted by atomic mass is 16.5. The summed E-state index contributed by atoms with van der Waals surface area (Å²) < 4.78 is 4.53. The van der Waals surface area contributed by atoms with Gasteiger partial charge in [-0.3, -0.25) is 9.78 Å². The minimum atomic E-state index is -0.608. The van der Waals surface area contributed by atoms with E-state index in [2.05, 4.69) is 9.72 Å². The van der Waals surface area contributed by atoms with Crippen LogP contribution >= 0.6 is 0 Å². The molecule has 14 heavy (non-hydrogen) atoms. The third-order valence-electron chi connectivity index (χ3n) is 1.89. The van der Waals surface area contributed by atoms with E-state index < -0.39 is 12.0 Å². The van der Waals surface area contributed by atoms with E-state index in [1.165, 1.54) is 7.11 Å². The number of aryl methyl sites for hydroxylation is 1. The third kappa shape index (κ3) is 2.81. The van der Waals surface area contributed by atoms with Gasteiger partial charge in [-0.05, 0) is 24.5 Å². The standard InChI is InChI=1S/C10H14N2O2/c1-7-3-8(6-12-5-7)4-9(11)10(13)14-2/h3,5-6,9H,4,11H2,1-2H3/t9-/m0/s1. The molecule has 0 unspecified atom stereocenters. The first kappa shape index (κ1) is 10.7. The van der Waals surface area contributed by atoms with Crippen LogP contribution in [0.4, 0.5) is 0 Å². The Hall–Kier alpha value is -1.42. The average molecular weight is 194 g/mol. The van der Waals surface area contributed by atoms with Crippen LogP contribution in [-0.2, 0) is 16.0 Å². The summed E-state index contributed by atoms with van der Waals surface area (Å²) in [6, 6.07) is 1.35. The fraction of sp³-hybridized carbons (Fsp3) is 0.400.